The van der Waals surface area contributed by atoms with E-state index in [4.69, 9.17) is 5.73 Å². The molecule has 0 aliphatic rings. The second-order valence-electron chi connectivity index (χ2n) is 2.82. The van der Waals surface area contributed by atoms with Gasteiger partial charge >= 0.3 is 0 Å². The number of hydrogen-bond acceptors (Lipinski definition) is 4. The smallest absolute Gasteiger partial charge is 0.160 e. The van der Waals surface area contributed by atoms with Gasteiger partial charge in [-0.3, -0.25) is 4.98 Å². The van der Waals surface area contributed by atoms with E-state index < -0.39 is 0 Å². The van der Waals surface area contributed by atoms with Crippen LogP contribution in [0.4, 0.5) is 0 Å². The number of pyridine rings is 1. The van der Waals surface area contributed by atoms with E-state index >= 15 is 0 Å². The molecule has 0 saturated carbocycles. The molecule has 2 rings (SSSR count). The van der Waals surface area contributed by atoms with Crippen molar-refractivity contribution in [1.82, 2.24) is 15.0 Å². The fourth-order valence-corrected chi connectivity index (χ4v) is 1.14. The zero-order valence-corrected chi connectivity index (χ0v) is 7.59. The first-order chi connectivity index (χ1) is 6.90. The monoisotopic (exact) mass is 186 g/mol. The highest BCUT2D eigenvalue weighted by atomic mass is 14.9. The third kappa shape index (κ3) is 1.75. The summed E-state index contributed by atoms with van der Waals surface area (Å²) < 4.78 is 0. The topological polar surface area (TPSA) is 64.7 Å². The molecule has 14 heavy (non-hydrogen) atoms. The van der Waals surface area contributed by atoms with Gasteiger partial charge in [0.25, 0.3) is 0 Å². The van der Waals surface area contributed by atoms with Crippen LogP contribution in [-0.4, -0.2) is 15.0 Å². The summed E-state index contributed by atoms with van der Waals surface area (Å²) in [6.45, 7) is 0.426. The van der Waals surface area contributed by atoms with Gasteiger partial charge in [-0.25, -0.2) is 9.97 Å². The minimum Gasteiger partial charge on any atom is -0.325 e. The second-order valence-corrected chi connectivity index (χ2v) is 2.82. The second kappa shape index (κ2) is 3.93. The van der Waals surface area contributed by atoms with Crippen LogP contribution in [0.25, 0.3) is 11.4 Å². The molecule has 0 bridgehead atoms. The van der Waals surface area contributed by atoms with Gasteiger partial charge in [0, 0.05) is 30.7 Å². The van der Waals surface area contributed by atoms with E-state index in [0.717, 1.165) is 11.3 Å². The minimum atomic E-state index is 0.426. The van der Waals surface area contributed by atoms with Crippen molar-refractivity contribution in [3.8, 4) is 11.4 Å². The molecule has 4 nitrogen and oxygen atoms in total. The molecule has 0 atom stereocenters. The van der Waals surface area contributed by atoms with E-state index in [0.29, 0.717) is 12.4 Å². The Balaban J connectivity index is 2.42. The lowest BCUT2D eigenvalue weighted by Gasteiger charge is -2.00. The Morgan fingerprint density at radius 2 is 2.14 bits per heavy atom. The third-order valence-corrected chi connectivity index (χ3v) is 1.84. The molecule has 0 radical (unpaired) electrons. The van der Waals surface area contributed by atoms with Crippen molar-refractivity contribution in [2.24, 2.45) is 5.73 Å². The normalized spacial score (nSPS) is 10.1. The van der Waals surface area contributed by atoms with Crippen LogP contribution in [0.2, 0.25) is 0 Å². The fraction of sp³-hybridized carbons (Fsp3) is 0.100. The van der Waals surface area contributed by atoms with Gasteiger partial charge in [-0.1, -0.05) is 0 Å². The maximum atomic E-state index is 5.49. The quantitative estimate of drug-likeness (QED) is 0.759. The Kier molecular flexibility index (Phi) is 2.46. The van der Waals surface area contributed by atoms with Crippen molar-refractivity contribution >= 4 is 0 Å². The number of aromatic nitrogens is 3. The van der Waals surface area contributed by atoms with Crippen molar-refractivity contribution in [3.05, 3.63) is 42.5 Å². The molecule has 0 fully saturated rings. The van der Waals surface area contributed by atoms with Gasteiger partial charge in [0.1, 0.15) is 0 Å². The van der Waals surface area contributed by atoms with Gasteiger partial charge in [-0.05, 0) is 18.2 Å². The van der Waals surface area contributed by atoms with E-state index in [1.807, 2.05) is 12.1 Å². The van der Waals surface area contributed by atoms with Gasteiger partial charge in [-0.2, -0.15) is 0 Å². The molecule has 2 N–H and O–H groups in total. The summed E-state index contributed by atoms with van der Waals surface area (Å²) in [5.74, 6) is 0.668. The summed E-state index contributed by atoms with van der Waals surface area (Å²) in [7, 11) is 0. The minimum absolute atomic E-state index is 0.426. The van der Waals surface area contributed by atoms with Crippen LogP contribution in [0.15, 0.2) is 36.8 Å². The standard InChI is InChI=1S/C10H10N4/c11-6-9-3-5-13-10(14-9)8-2-1-4-12-7-8/h1-5,7H,6,11H2. The highest BCUT2D eigenvalue weighted by Gasteiger charge is 2.00. The number of rotatable bonds is 2. The first-order valence-electron chi connectivity index (χ1n) is 4.32. The first-order valence-corrected chi connectivity index (χ1v) is 4.32. The van der Waals surface area contributed by atoms with Crippen molar-refractivity contribution < 1.29 is 0 Å². The van der Waals surface area contributed by atoms with Gasteiger partial charge in [0.15, 0.2) is 5.82 Å². The highest BCUT2D eigenvalue weighted by Crippen LogP contribution is 2.11. The molecule has 0 aliphatic carbocycles. The van der Waals surface area contributed by atoms with Crippen LogP contribution in [0, 0.1) is 0 Å². The molecule has 4 heteroatoms. The van der Waals surface area contributed by atoms with Gasteiger partial charge in [-0.15, -0.1) is 0 Å². The molecule has 2 heterocycles. The van der Waals surface area contributed by atoms with E-state index in [-0.39, 0.29) is 0 Å². The molecule has 2 aromatic rings. The average Bonchev–Trinajstić information content (AvgIpc) is 2.30. The van der Waals surface area contributed by atoms with Crippen molar-refractivity contribution in [2.45, 2.75) is 6.54 Å². The summed E-state index contributed by atoms with van der Waals surface area (Å²) in [6, 6.07) is 5.58. The predicted octanol–water partition coefficient (Wildman–Crippen LogP) is 0.997. The van der Waals surface area contributed by atoms with Crippen molar-refractivity contribution in [1.29, 1.82) is 0 Å². The maximum absolute atomic E-state index is 5.49. The van der Waals surface area contributed by atoms with Gasteiger partial charge in [0.05, 0.1) is 5.69 Å². The molecule has 0 saturated heterocycles. The zero-order valence-electron chi connectivity index (χ0n) is 7.59. The van der Waals surface area contributed by atoms with Crippen LogP contribution >= 0.6 is 0 Å². The molecule has 2 aromatic heterocycles. The van der Waals surface area contributed by atoms with Crippen LogP contribution in [0.3, 0.4) is 0 Å². The lowest BCUT2D eigenvalue weighted by Crippen LogP contribution is -2.01. The zero-order chi connectivity index (χ0) is 9.80. The Morgan fingerprint density at radius 3 is 2.86 bits per heavy atom. The van der Waals surface area contributed by atoms with Crippen LogP contribution in [0.1, 0.15) is 5.69 Å². The average molecular weight is 186 g/mol. The summed E-state index contributed by atoms with van der Waals surface area (Å²) >= 11 is 0. The lowest BCUT2D eigenvalue weighted by molar-refractivity contribution is 0.968. The van der Waals surface area contributed by atoms with E-state index in [9.17, 15) is 0 Å². The van der Waals surface area contributed by atoms with Gasteiger partial charge in [0.2, 0.25) is 0 Å². The fourth-order valence-electron chi connectivity index (χ4n) is 1.14. The molecular weight excluding hydrogens is 176 g/mol. The summed E-state index contributed by atoms with van der Waals surface area (Å²) in [5, 5.41) is 0. The number of nitrogens with two attached hydrogens (primary N) is 1. The maximum Gasteiger partial charge on any atom is 0.160 e. The molecule has 0 unspecified atom stereocenters. The Hall–Kier alpha value is -1.81. The SMILES string of the molecule is NCc1ccnc(-c2cccnc2)n1. The Morgan fingerprint density at radius 1 is 1.21 bits per heavy atom. The van der Waals surface area contributed by atoms with Gasteiger partial charge < -0.3 is 5.73 Å². The predicted molar refractivity (Wildman–Crippen MR) is 53.2 cm³/mol. The molecule has 0 aromatic carbocycles. The summed E-state index contributed by atoms with van der Waals surface area (Å²) in [4.78, 5) is 12.4. The Labute approximate surface area is 81.9 Å². The molecule has 0 spiro atoms. The molecular formula is C10H10N4. The molecule has 0 aliphatic heterocycles. The van der Waals surface area contributed by atoms with E-state index in [1.165, 1.54) is 0 Å². The first kappa shape index (κ1) is 8.77. The highest BCUT2D eigenvalue weighted by molar-refractivity contribution is 5.52. The lowest BCUT2D eigenvalue weighted by atomic mass is 10.2. The summed E-state index contributed by atoms with van der Waals surface area (Å²) in [6.07, 6.45) is 5.16. The number of hydrogen-bond donors (Lipinski definition) is 1. The van der Waals surface area contributed by atoms with E-state index in [2.05, 4.69) is 15.0 Å². The molecule has 70 valence electrons. The van der Waals surface area contributed by atoms with Crippen LogP contribution in [-0.2, 0) is 6.54 Å². The largest absolute Gasteiger partial charge is 0.325 e. The molecule has 0 amide bonds. The van der Waals surface area contributed by atoms with Crippen molar-refractivity contribution in [3.63, 3.8) is 0 Å². The Bertz CT molecular complexity index is 413. The van der Waals surface area contributed by atoms with E-state index in [1.54, 1.807) is 24.7 Å². The van der Waals surface area contributed by atoms with Crippen LogP contribution in [0.5, 0.6) is 0 Å². The summed E-state index contributed by atoms with van der Waals surface area (Å²) in [5.41, 5.74) is 7.23. The van der Waals surface area contributed by atoms with Crippen molar-refractivity contribution in [2.75, 3.05) is 0 Å². The van der Waals surface area contributed by atoms with Crippen LogP contribution < -0.4 is 5.73 Å². The third-order valence-electron chi connectivity index (χ3n) is 1.84. The number of nitrogens with zero attached hydrogens (tertiary/aromatic N) is 3.